The number of amides is 2. The summed E-state index contributed by atoms with van der Waals surface area (Å²) in [6.45, 7) is 6.95. The molecule has 10 nitrogen and oxygen atoms in total. The van der Waals surface area contributed by atoms with Gasteiger partial charge in [0, 0.05) is 18.6 Å². The van der Waals surface area contributed by atoms with Crippen molar-refractivity contribution >= 4 is 23.4 Å². The largest absolute Gasteiger partial charge is 0.444 e. The van der Waals surface area contributed by atoms with Gasteiger partial charge in [0.2, 0.25) is 5.91 Å². The van der Waals surface area contributed by atoms with Gasteiger partial charge in [-0.1, -0.05) is 17.3 Å². The number of non-ortho nitro benzene ring substituents is 1. The molecule has 0 fully saturated rings. The Kier molecular flexibility index (Phi) is 8.36. The van der Waals surface area contributed by atoms with Gasteiger partial charge in [-0.2, -0.15) is 0 Å². The zero-order valence-electron chi connectivity index (χ0n) is 16.6. The fraction of sp³-hybridized carbons (Fsp3) is 0.500. The van der Waals surface area contributed by atoms with Crippen LogP contribution in [0.4, 0.5) is 10.5 Å². The minimum Gasteiger partial charge on any atom is -0.444 e. The topological polar surface area (TPSA) is 132 Å². The Morgan fingerprint density at radius 3 is 2.36 bits per heavy atom. The molecule has 0 heterocycles. The fourth-order valence-electron chi connectivity index (χ4n) is 2.17. The first-order valence-electron chi connectivity index (χ1n) is 8.59. The summed E-state index contributed by atoms with van der Waals surface area (Å²) in [6, 6.07) is 4.81. The van der Waals surface area contributed by atoms with E-state index in [0.717, 1.165) is 0 Å². The number of nitrogens with one attached hydrogen (secondary N) is 2. The van der Waals surface area contributed by atoms with Crippen molar-refractivity contribution in [3.63, 3.8) is 0 Å². The van der Waals surface area contributed by atoms with E-state index in [0.29, 0.717) is 11.3 Å². The second-order valence-electron chi connectivity index (χ2n) is 7.05. The molecule has 0 saturated carbocycles. The summed E-state index contributed by atoms with van der Waals surface area (Å²) >= 11 is 0. The highest BCUT2D eigenvalue weighted by Gasteiger charge is 2.25. The Hall–Kier alpha value is -3.17. The number of benzene rings is 1. The molecule has 1 atom stereocenters. The Balaban J connectivity index is 2.89. The van der Waals surface area contributed by atoms with E-state index in [-0.39, 0.29) is 18.7 Å². The van der Waals surface area contributed by atoms with Crippen molar-refractivity contribution in [1.82, 2.24) is 10.6 Å². The second-order valence-corrected chi connectivity index (χ2v) is 7.05. The van der Waals surface area contributed by atoms with E-state index in [1.54, 1.807) is 27.7 Å². The number of alkyl carbamates (subject to hydrolysis) is 1. The molecule has 2 N–H and O–H groups in total. The van der Waals surface area contributed by atoms with Crippen LogP contribution in [0.5, 0.6) is 0 Å². The van der Waals surface area contributed by atoms with E-state index in [2.05, 4.69) is 20.6 Å². The predicted molar refractivity (Wildman–Crippen MR) is 103 cm³/mol. The monoisotopic (exact) mass is 394 g/mol. The molecule has 1 aromatic rings. The smallest absolute Gasteiger partial charge is 0.408 e. The van der Waals surface area contributed by atoms with Gasteiger partial charge in [-0.05, 0) is 33.3 Å². The third kappa shape index (κ3) is 8.47. The maximum atomic E-state index is 12.5. The van der Waals surface area contributed by atoms with Crippen LogP contribution < -0.4 is 10.6 Å². The zero-order chi connectivity index (χ0) is 21.3. The number of carbonyl (C=O) groups is 2. The highest BCUT2D eigenvalue weighted by atomic mass is 16.6. The van der Waals surface area contributed by atoms with Gasteiger partial charge in [0.1, 0.15) is 18.8 Å². The van der Waals surface area contributed by atoms with Crippen molar-refractivity contribution in [1.29, 1.82) is 0 Å². The Morgan fingerprint density at radius 2 is 1.86 bits per heavy atom. The number of hydrogen-bond acceptors (Lipinski definition) is 7. The first-order chi connectivity index (χ1) is 13.0. The highest BCUT2D eigenvalue weighted by Crippen LogP contribution is 2.14. The van der Waals surface area contributed by atoms with Crippen LogP contribution in [0.15, 0.2) is 29.4 Å². The molecule has 10 heteroatoms. The molecular formula is C18H26N4O6. The third-order valence-corrected chi connectivity index (χ3v) is 3.36. The van der Waals surface area contributed by atoms with Gasteiger partial charge in [-0.3, -0.25) is 14.9 Å². The van der Waals surface area contributed by atoms with E-state index in [1.807, 2.05) is 0 Å². The molecule has 0 unspecified atom stereocenters. The minimum atomic E-state index is -0.938. The lowest BCUT2D eigenvalue weighted by Gasteiger charge is -2.23. The normalized spacial score (nSPS) is 12.7. The average molecular weight is 394 g/mol. The van der Waals surface area contributed by atoms with Crippen molar-refractivity contribution in [3.8, 4) is 0 Å². The predicted octanol–water partition coefficient (Wildman–Crippen LogP) is 2.17. The molecule has 0 spiro atoms. The van der Waals surface area contributed by atoms with Crippen molar-refractivity contribution in [2.24, 2.45) is 5.16 Å². The van der Waals surface area contributed by atoms with Gasteiger partial charge in [-0.15, -0.1) is 0 Å². The van der Waals surface area contributed by atoms with Crippen molar-refractivity contribution in [3.05, 3.63) is 39.9 Å². The van der Waals surface area contributed by atoms with Gasteiger partial charge in [0.15, 0.2) is 0 Å². The lowest BCUT2D eigenvalue weighted by atomic mass is 10.0. The molecule has 2 amide bonds. The molecule has 0 radical (unpaired) electrons. The van der Waals surface area contributed by atoms with E-state index in [1.165, 1.54) is 31.4 Å². The summed E-state index contributed by atoms with van der Waals surface area (Å²) in [7, 11) is 1.40. The molecule has 0 aliphatic rings. The maximum Gasteiger partial charge on any atom is 0.408 e. The maximum absolute atomic E-state index is 12.5. The second kappa shape index (κ2) is 10.2. The summed E-state index contributed by atoms with van der Waals surface area (Å²) in [4.78, 5) is 39.5. The van der Waals surface area contributed by atoms with Gasteiger partial charge < -0.3 is 20.2 Å². The van der Waals surface area contributed by atoms with Crippen molar-refractivity contribution in [2.75, 3.05) is 13.7 Å². The fourth-order valence-corrected chi connectivity index (χ4v) is 2.17. The number of nitrogens with zero attached hydrogens (tertiary/aromatic N) is 2. The standard InChI is InChI=1S/C18H26N4O6/c1-12(21-27-5)11-19-16(23)15(20-17(24)28-18(2,3)4)10-13-6-8-14(9-7-13)22(25)26/h6-9,15H,10-11H2,1-5H3,(H,19,23)(H,20,24)/t15-/m0/s1. The van der Waals surface area contributed by atoms with E-state index >= 15 is 0 Å². The van der Waals surface area contributed by atoms with Crippen LogP contribution in [0.25, 0.3) is 0 Å². The Bertz CT molecular complexity index is 725. The third-order valence-electron chi connectivity index (χ3n) is 3.36. The first-order valence-corrected chi connectivity index (χ1v) is 8.59. The minimum absolute atomic E-state index is 0.0590. The molecule has 0 aromatic heterocycles. The molecule has 0 bridgehead atoms. The van der Waals surface area contributed by atoms with Gasteiger partial charge in [0.25, 0.3) is 5.69 Å². The lowest BCUT2D eigenvalue weighted by molar-refractivity contribution is -0.384. The van der Waals surface area contributed by atoms with E-state index in [4.69, 9.17) is 4.74 Å². The van der Waals surface area contributed by atoms with Crippen LogP contribution in [0.2, 0.25) is 0 Å². The number of hydrogen-bond donors (Lipinski definition) is 2. The average Bonchev–Trinajstić information content (AvgIpc) is 2.58. The van der Waals surface area contributed by atoms with Gasteiger partial charge in [-0.25, -0.2) is 4.79 Å². The Labute approximate surface area is 163 Å². The van der Waals surface area contributed by atoms with E-state index < -0.39 is 28.6 Å². The quantitative estimate of drug-likeness (QED) is 0.394. The van der Waals surface area contributed by atoms with Crippen molar-refractivity contribution < 1.29 is 24.1 Å². The molecule has 0 saturated heterocycles. The number of carbonyl (C=O) groups excluding carboxylic acids is 2. The number of ether oxygens (including phenoxy) is 1. The molecule has 0 aliphatic heterocycles. The molecule has 1 rings (SSSR count). The van der Waals surface area contributed by atoms with Crippen LogP contribution in [-0.2, 0) is 20.8 Å². The summed E-state index contributed by atoms with van der Waals surface area (Å²) in [5.74, 6) is -0.449. The van der Waals surface area contributed by atoms with Crippen LogP contribution in [0.1, 0.15) is 33.3 Å². The SMILES string of the molecule is CON=C(C)CNC(=O)[C@H](Cc1ccc([N+](=O)[O-])cc1)NC(=O)OC(C)(C)C. The number of oxime groups is 1. The van der Waals surface area contributed by atoms with Crippen LogP contribution in [0.3, 0.4) is 0 Å². The summed E-state index contributed by atoms with van der Waals surface area (Å²) in [5.41, 5.74) is 0.405. The molecule has 28 heavy (non-hydrogen) atoms. The molecular weight excluding hydrogens is 368 g/mol. The lowest BCUT2D eigenvalue weighted by Crippen LogP contribution is -2.50. The molecule has 0 aliphatic carbocycles. The zero-order valence-corrected chi connectivity index (χ0v) is 16.6. The van der Waals surface area contributed by atoms with Crippen LogP contribution in [0, 0.1) is 10.1 Å². The van der Waals surface area contributed by atoms with Gasteiger partial charge in [0.05, 0.1) is 17.2 Å². The molecule has 1 aromatic carbocycles. The Morgan fingerprint density at radius 1 is 1.25 bits per heavy atom. The molecule has 154 valence electrons. The number of nitro benzene ring substituents is 1. The van der Waals surface area contributed by atoms with E-state index in [9.17, 15) is 19.7 Å². The number of rotatable bonds is 8. The summed E-state index contributed by atoms with van der Waals surface area (Å²) < 4.78 is 5.21. The van der Waals surface area contributed by atoms with Gasteiger partial charge >= 0.3 is 6.09 Å². The van der Waals surface area contributed by atoms with Crippen LogP contribution >= 0.6 is 0 Å². The van der Waals surface area contributed by atoms with Crippen LogP contribution in [-0.4, -0.2) is 47.9 Å². The number of nitro groups is 1. The summed E-state index contributed by atoms with van der Waals surface area (Å²) in [5, 5.41) is 19.7. The summed E-state index contributed by atoms with van der Waals surface area (Å²) in [6.07, 6.45) is -0.611. The first kappa shape index (κ1) is 22.9. The highest BCUT2D eigenvalue weighted by molar-refractivity contribution is 5.91. The van der Waals surface area contributed by atoms with Crippen molar-refractivity contribution in [2.45, 2.75) is 45.8 Å².